The highest BCUT2D eigenvalue weighted by atomic mass is 16.5. The van der Waals surface area contributed by atoms with Gasteiger partial charge in [0.05, 0.1) is 24.9 Å². The summed E-state index contributed by atoms with van der Waals surface area (Å²) in [6.07, 6.45) is 2.55. The largest absolute Gasteiger partial charge is 0.465 e. The van der Waals surface area contributed by atoms with E-state index in [1.165, 1.54) is 12.7 Å². The van der Waals surface area contributed by atoms with Crippen LogP contribution < -0.4 is 4.90 Å². The molecule has 0 radical (unpaired) electrons. The fourth-order valence-corrected chi connectivity index (χ4v) is 2.98. The van der Waals surface area contributed by atoms with Crippen LogP contribution in [0.15, 0.2) is 48.7 Å². The lowest BCUT2D eigenvalue weighted by molar-refractivity contribution is 0.0603. The Hall–Kier alpha value is -3.08. The topological polar surface area (TPSA) is 51.5 Å². The second-order valence-corrected chi connectivity index (χ2v) is 6.04. The van der Waals surface area contributed by atoms with Crippen LogP contribution in [0.4, 0.5) is 5.69 Å². The summed E-state index contributed by atoms with van der Waals surface area (Å²) in [6, 6.07) is 13.6. The molecule has 25 heavy (non-hydrogen) atoms. The van der Waals surface area contributed by atoms with Crippen LogP contribution in [0.5, 0.6) is 0 Å². The van der Waals surface area contributed by atoms with Gasteiger partial charge in [-0.15, -0.1) is 0 Å². The summed E-state index contributed by atoms with van der Waals surface area (Å²) in [5.74, 6) is -0.446. The number of ether oxygens (including phenoxy) is 1. The van der Waals surface area contributed by atoms with Crippen LogP contribution >= 0.6 is 0 Å². The van der Waals surface area contributed by atoms with Gasteiger partial charge in [0.2, 0.25) is 0 Å². The van der Waals surface area contributed by atoms with Crippen LogP contribution in [-0.4, -0.2) is 31.0 Å². The van der Waals surface area contributed by atoms with E-state index in [0.29, 0.717) is 23.2 Å². The molecule has 0 saturated heterocycles. The average molecular weight is 336 g/mol. The molecule has 0 aliphatic carbocycles. The molecule has 0 atom stereocenters. The molecule has 3 aromatic rings. The minimum atomic E-state index is -0.446. The highest BCUT2D eigenvalue weighted by Crippen LogP contribution is 2.26. The van der Waals surface area contributed by atoms with Gasteiger partial charge in [-0.3, -0.25) is 4.79 Å². The normalized spacial score (nSPS) is 10.7. The first-order valence-corrected chi connectivity index (χ1v) is 7.98. The third-order valence-corrected chi connectivity index (χ3v) is 4.31. The zero-order valence-electron chi connectivity index (χ0n) is 14.5. The molecule has 1 heterocycles. The maximum atomic E-state index is 12.0. The maximum Gasteiger partial charge on any atom is 0.338 e. The monoisotopic (exact) mass is 336 g/mol. The quantitative estimate of drug-likeness (QED) is 0.527. The fraction of sp³-hybridized carbons (Fsp3) is 0.200. The SMILES string of the molecule is COC(=O)c1cccc2c1c(C=O)cn2CN(C)c1ccc(C)cc1. The summed E-state index contributed by atoms with van der Waals surface area (Å²) in [5.41, 5.74) is 3.98. The van der Waals surface area contributed by atoms with Gasteiger partial charge in [0.25, 0.3) is 0 Å². The Balaban J connectivity index is 2.03. The van der Waals surface area contributed by atoms with E-state index in [-0.39, 0.29) is 0 Å². The summed E-state index contributed by atoms with van der Waals surface area (Å²) in [4.78, 5) is 25.6. The molecule has 0 saturated carbocycles. The molecule has 0 bridgehead atoms. The number of hydrogen-bond acceptors (Lipinski definition) is 4. The van der Waals surface area contributed by atoms with E-state index in [1.807, 2.05) is 24.6 Å². The van der Waals surface area contributed by atoms with E-state index >= 15 is 0 Å². The molecule has 0 fully saturated rings. The van der Waals surface area contributed by atoms with Gasteiger partial charge < -0.3 is 14.2 Å². The predicted molar refractivity (Wildman–Crippen MR) is 98.2 cm³/mol. The van der Waals surface area contributed by atoms with E-state index < -0.39 is 5.97 Å². The highest BCUT2D eigenvalue weighted by molar-refractivity contribution is 6.10. The molecule has 1 aromatic heterocycles. The molecule has 0 spiro atoms. The van der Waals surface area contributed by atoms with Gasteiger partial charge in [-0.05, 0) is 31.2 Å². The van der Waals surface area contributed by atoms with Gasteiger partial charge in [0.1, 0.15) is 0 Å². The molecule has 3 rings (SSSR count). The lowest BCUT2D eigenvalue weighted by Crippen LogP contribution is -2.20. The van der Waals surface area contributed by atoms with Gasteiger partial charge >= 0.3 is 5.97 Å². The molecule has 2 aromatic carbocycles. The van der Waals surface area contributed by atoms with Crippen molar-refractivity contribution in [2.45, 2.75) is 13.6 Å². The summed E-state index contributed by atoms with van der Waals surface area (Å²) < 4.78 is 6.80. The van der Waals surface area contributed by atoms with Crippen molar-refractivity contribution in [3.63, 3.8) is 0 Å². The number of rotatable bonds is 5. The number of methoxy groups -OCH3 is 1. The third kappa shape index (κ3) is 3.13. The average Bonchev–Trinajstić information content (AvgIpc) is 2.99. The van der Waals surface area contributed by atoms with Gasteiger partial charge in [0.15, 0.2) is 6.29 Å². The number of benzene rings is 2. The van der Waals surface area contributed by atoms with Crippen molar-refractivity contribution in [2.75, 3.05) is 19.1 Å². The molecule has 0 aliphatic rings. The zero-order chi connectivity index (χ0) is 18.0. The van der Waals surface area contributed by atoms with Crippen LogP contribution in [-0.2, 0) is 11.4 Å². The molecule has 0 N–H and O–H groups in total. The summed E-state index contributed by atoms with van der Waals surface area (Å²) in [5, 5.41) is 0.627. The van der Waals surface area contributed by atoms with Gasteiger partial charge in [-0.1, -0.05) is 23.8 Å². The summed E-state index contributed by atoms with van der Waals surface area (Å²) in [6.45, 7) is 2.60. The van der Waals surface area contributed by atoms with Crippen molar-refractivity contribution in [3.8, 4) is 0 Å². The first-order valence-electron chi connectivity index (χ1n) is 7.98. The number of nitrogens with zero attached hydrogens (tertiary/aromatic N) is 2. The molecule has 0 amide bonds. The number of carbonyl (C=O) groups is 2. The second-order valence-electron chi connectivity index (χ2n) is 6.04. The Morgan fingerprint density at radius 3 is 2.56 bits per heavy atom. The fourth-order valence-electron chi connectivity index (χ4n) is 2.98. The van der Waals surface area contributed by atoms with E-state index in [0.717, 1.165) is 17.5 Å². The smallest absolute Gasteiger partial charge is 0.338 e. The van der Waals surface area contributed by atoms with Crippen molar-refractivity contribution < 1.29 is 14.3 Å². The number of carbonyl (C=O) groups excluding carboxylic acids is 2. The number of esters is 1. The van der Waals surface area contributed by atoms with E-state index in [1.54, 1.807) is 18.3 Å². The van der Waals surface area contributed by atoms with Crippen molar-refractivity contribution in [3.05, 3.63) is 65.4 Å². The minimum Gasteiger partial charge on any atom is -0.465 e. The van der Waals surface area contributed by atoms with Gasteiger partial charge in [-0.2, -0.15) is 0 Å². The lowest BCUT2D eigenvalue weighted by atomic mass is 10.1. The highest BCUT2D eigenvalue weighted by Gasteiger charge is 2.17. The number of fused-ring (bicyclic) bond motifs is 1. The van der Waals surface area contributed by atoms with Crippen molar-refractivity contribution >= 4 is 28.8 Å². The zero-order valence-corrected chi connectivity index (χ0v) is 14.5. The Bertz CT molecular complexity index is 926. The molecule has 5 nitrogen and oxygen atoms in total. The Morgan fingerprint density at radius 2 is 1.92 bits per heavy atom. The van der Waals surface area contributed by atoms with Crippen molar-refractivity contribution in [1.29, 1.82) is 0 Å². The van der Waals surface area contributed by atoms with Gasteiger partial charge in [0, 0.05) is 29.9 Å². The van der Waals surface area contributed by atoms with E-state index in [2.05, 4.69) is 29.2 Å². The number of anilines is 1. The molecule has 128 valence electrons. The predicted octanol–water partition coefficient (Wildman–Crippen LogP) is 3.64. The Labute approximate surface area is 146 Å². The minimum absolute atomic E-state index is 0.402. The van der Waals surface area contributed by atoms with Crippen LogP contribution in [0.1, 0.15) is 26.3 Å². The maximum absolute atomic E-state index is 12.0. The van der Waals surface area contributed by atoms with E-state index in [9.17, 15) is 9.59 Å². The second kappa shape index (κ2) is 6.81. The number of aldehydes is 1. The third-order valence-electron chi connectivity index (χ3n) is 4.31. The number of aryl methyl sites for hydroxylation is 1. The molecule has 5 heteroatoms. The van der Waals surface area contributed by atoms with Crippen LogP contribution in [0, 0.1) is 6.92 Å². The molecule has 0 aliphatic heterocycles. The van der Waals surface area contributed by atoms with Crippen LogP contribution in [0.25, 0.3) is 10.9 Å². The van der Waals surface area contributed by atoms with Gasteiger partial charge in [-0.25, -0.2) is 4.79 Å². The number of aromatic nitrogens is 1. The van der Waals surface area contributed by atoms with Crippen molar-refractivity contribution in [2.24, 2.45) is 0 Å². The Morgan fingerprint density at radius 1 is 1.20 bits per heavy atom. The summed E-state index contributed by atoms with van der Waals surface area (Å²) in [7, 11) is 3.32. The molecule has 0 unspecified atom stereocenters. The Kier molecular flexibility index (Phi) is 4.57. The van der Waals surface area contributed by atoms with E-state index in [4.69, 9.17) is 4.74 Å². The number of hydrogen-bond donors (Lipinski definition) is 0. The standard InChI is InChI=1S/C20H20N2O3/c1-14-7-9-16(10-8-14)21(2)13-22-11-15(12-23)19-17(20(24)25-3)5-4-6-18(19)22/h4-12H,13H2,1-3H3. The summed E-state index contributed by atoms with van der Waals surface area (Å²) >= 11 is 0. The first-order chi connectivity index (χ1) is 12.0. The molecular formula is C20H20N2O3. The molecular weight excluding hydrogens is 316 g/mol. The van der Waals surface area contributed by atoms with Crippen molar-refractivity contribution in [1.82, 2.24) is 4.57 Å². The lowest BCUT2D eigenvalue weighted by Gasteiger charge is -2.21. The van der Waals surface area contributed by atoms with Crippen LogP contribution in [0.3, 0.4) is 0 Å². The first kappa shape index (κ1) is 16.8. The van der Waals surface area contributed by atoms with Crippen LogP contribution in [0.2, 0.25) is 0 Å².